The molecular weight excluding hydrogens is 228 g/mol. The molecule has 0 unspecified atom stereocenters. The van der Waals surface area contributed by atoms with Crippen LogP contribution in [0.5, 0.6) is 0 Å². The number of carbonyl (C=O) groups is 1. The van der Waals surface area contributed by atoms with Crippen LogP contribution in [0.2, 0.25) is 0 Å². The van der Waals surface area contributed by atoms with Crippen molar-refractivity contribution in [3.05, 3.63) is 36.0 Å². The van der Waals surface area contributed by atoms with E-state index in [0.717, 1.165) is 0 Å². The molecule has 0 aliphatic heterocycles. The van der Waals surface area contributed by atoms with Crippen LogP contribution in [0, 0.1) is 0 Å². The van der Waals surface area contributed by atoms with E-state index in [1.54, 1.807) is 31.2 Å². The highest BCUT2D eigenvalue weighted by molar-refractivity contribution is 5.95. The smallest absolute Gasteiger partial charge is 0.355 e. The molecule has 0 spiro atoms. The molecule has 1 heterocycles. The van der Waals surface area contributed by atoms with Crippen molar-refractivity contribution in [2.75, 3.05) is 6.61 Å². The van der Waals surface area contributed by atoms with E-state index in [4.69, 9.17) is 4.74 Å². The van der Waals surface area contributed by atoms with Gasteiger partial charge in [0.1, 0.15) is 5.69 Å². The summed E-state index contributed by atoms with van der Waals surface area (Å²) in [7, 11) is 0. The van der Waals surface area contributed by atoms with Crippen LogP contribution in [-0.4, -0.2) is 17.1 Å². The standard InChI is InChI=1S/C12H11F2NO2/c1-2-17-11(16)10-7-8-5-3-4-6-9(8)15(10)12(13)14/h3-7,12H,2H2,1H3. The fourth-order valence-corrected chi connectivity index (χ4v) is 1.75. The first kappa shape index (κ1) is 11.6. The van der Waals surface area contributed by atoms with E-state index in [0.29, 0.717) is 15.5 Å². The molecule has 0 amide bonds. The lowest BCUT2D eigenvalue weighted by Gasteiger charge is -2.08. The van der Waals surface area contributed by atoms with Crippen LogP contribution >= 0.6 is 0 Å². The van der Waals surface area contributed by atoms with Crippen molar-refractivity contribution in [3.63, 3.8) is 0 Å². The third-order valence-electron chi connectivity index (χ3n) is 2.43. The predicted molar refractivity (Wildman–Crippen MR) is 59.1 cm³/mol. The second-order valence-electron chi connectivity index (χ2n) is 3.46. The zero-order valence-corrected chi connectivity index (χ0v) is 9.19. The molecule has 0 aliphatic rings. The Balaban J connectivity index is 2.61. The molecule has 0 bridgehead atoms. The molecule has 17 heavy (non-hydrogen) atoms. The minimum absolute atomic E-state index is 0.122. The summed E-state index contributed by atoms with van der Waals surface area (Å²) < 4.78 is 31.3. The quantitative estimate of drug-likeness (QED) is 0.770. The highest BCUT2D eigenvalue weighted by Gasteiger charge is 2.21. The number of esters is 1. The van der Waals surface area contributed by atoms with Gasteiger partial charge in [-0.25, -0.2) is 4.79 Å². The maximum Gasteiger partial charge on any atom is 0.355 e. The third-order valence-corrected chi connectivity index (χ3v) is 2.43. The van der Waals surface area contributed by atoms with Crippen molar-refractivity contribution in [1.29, 1.82) is 0 Å². The topological polar surface area (TPSA) is 31.2 Å². The maximum atomic E-state index is 12.9. The number of aromatic nitrogens is 1. The summed E-state index contributed by atoms with van der Waals surface area (Å²) in [5.74, 6) is -0.732. The summed E-state index contributed by atoms with van der Waals surface area (Å²) in [6, 6.07) is 8.02. The van der Waals surface area contributed by atoms with E-state index < -0.39 is 12.5 Å². The number of alkyl halides is 2. The Morgan fingerprint density at radius 3 is 2.76 bits per heavy atom. The predicted octanol–water partition coefficient (Wildman–Crippen LogP) is 3.21. The number of halogens is 2. The maximum absolute atomic E-state index is 12.9. The molecular formula is C12H11F2NO2. The van der Waals surface area contributed by atoms with Crippen molar-refractivity contribution in [2.24, 2.45) is 0 Å². The molecule has 0 saturated carbocycles. The van der Waals surface area contributed by atoms with Gasteiger partial charge >= 0.3 is 12.5 Å². The summed E-state index contributed by atoms with van der Waals surface area (Å²) in [5, 5.41) is 0.593. The highest BCUT2D eigenvalue weighted by atomic mass is 19.3. The number of benzene rings is 1. The van der Waals surface area contributed by atoms with E-state index in [1.807, 2.05) is 0 Å². The van der Waals surface area contributed by atoms with Gasteiger partial charge in [0.25, 0.3) is 0 Å². The van der Waals surface area contributed by atoms with Crippen molar-refractivity contribution >= 4 is 16.9 Å². The van der Waals surface area contributed by atoms with E-state index in [1.165, 1.54) is 6.07 Å². The second-order valence-corrected chi connectivity index (χ2v) is 3.46. The normalized spacial score (nSPS) is 11.1. The van der Waals surface area contributed by atoms with E-state index in [-0.39, 0.29) is 12.3 Å². The average Bonchev–Trinajstić information content (AvgIpc) is 2.68. The van der Waals surface area contributed by atoms with Crippen molar-refractivity contribution in [1.82, 2.24) is 4.57 Å². The summed E-state index contributed by atoms with van der Waals surface area (Å²) in [5.41, 5.74) is 0.202. The number of fused-ring (bicyclic) bond motifs is 1. The van der Waals surface area contributed by atoms with Crippen LogP contribution in [0.1, 0.15) is 24.0 Å². The van der Waals surface area contributed by atoms with Gasteiger partial charge in [0.15, 0.2) is 0 Å². The number of hydrogen-bond acceptors (Lipinski definition) is 2. The number of carbonyl (C=O) groups excluding carboxylic acids is 1. The minimum atomic E-state index is -2.77. The van der Waals surface area contributed by atoms with Gasteiger partial charge in [-0.15, -0.1) is 0 Å². The van der Waals surface area contributed by atoms with Gasteiger partial charge in [0, 0.05) is 5.39 Å². The van der Waals surface area contributed by atoms with Crippen LogP contribution in [0.3, 0.4) is 0 Å². The molecule has 3 nitrogen and oxygen atoms in total. The summed E-state index contributed by atoms with van der Waals surface area (Å²) >= 11 is 0. The van der Waals surface area contributed by atoms with E-state index >= 15 is 0 Å². The van der Waals surface area contributed by atoms with Gasteiger partial charge in [0.2, 0.25) is 0 Å². The number of nitrogens with zero attached hydrogens (tertiary/aromatic N) is 1. The van der Waals surface area contributed by atoms with Crippen molar-refractivity contribution in [2.45, 2.75) is 13.5 Å². The van der Waals surface area contributed by atoms with Gasteiger partial charge in [-0.1, -0.05) is 18.2 Å². The molecule has 1 aromatic carbocycles. The van der Waals surface area contributed by atoms with Crippen molar-refractivity contribution < 1.29 is 18.3 Å². The zero-order chi connectivity index (χ0) is 12.4. The monoisotopic (exact) mass is 239 g/mol. The Hall–Kier alpha value is -1.91. The lowest BCUT2D eigenvalue weighted by molar-refractivity contribution is 0.0427. The highest BCUT2D eigenvalue weighted by Crippen LogP contribution is 2.26. The van der Waals surface area contributed by atoms with Gasteiger partial charge < -0.3 is 4.74 Å². The Morgan fingerprint density at radius 2 is 2.12 bits per heavy atom. The van der Waals surface area contributed by atoms with Gasteiger partial charge in [0.05, 0.1) is 12.1 Å². The molecule has 0 aliphatic carbocycles. The fourth-order valence-electron chi connectivity index (χ4n) is 1.75. The van der Waals surface area contributed by atoms with Crippen LogP contribution in [0.25, 0.3) is 10.9 Å². The van der Waals surface area contributed by atoms with E-state index in [2.05, 4.69) is 0 Å². The molecule has 2 aromatic rings. The Labute approximate surface area is 96.6 Å². The Bertz CT molecular complexity index is 548. The number of hydrogen-bond donors (Lipinski definition) is 0. The molecule has 90 valence electrons. The first-order chi connectivity index (χ1) is 8.15. The number of para-hydroxylation sites is 1. The molecule has 1 aromatic heterocycles. The van der Waals surface area contributed by atoms with Crippen LogP contribution in [0.15, 0.2) is 30.3 Å². The second kappa shape index (κ2) is 4.53. The molecule has 0 atom stereocenters. The fraction of sp³-hybridized carbons (Fsp3) is 0.250. The van der Waals surface area contributed by atoms with Crippen LogP contribution < -0.4 is 0 Å². The number of ether oxygens (including phenoxy) is 1. The zero-order valence-electron chi connectivity index (χ0n) is 9.19. The first-order valence-corrected chi connectivity index (χ1v) is 5.20. The molecule has 0 radical (unpaired) electrons. The number of rotatable bonds is 3. The minimum Gasteiger partial charge on any atom is -0.461 e. The SMILES string of the molecule is CCOC(=O)c1cc2ccccc2n1C(F)F. The van der Waals surface area contributed by atoms with E-state index in [9.17, 15) is 13.6 Å². The average molecular weight is 239 g/mol. The molecule has 0 saturated heterocycles. The first-order valence-electron chi connectivity index (χ1n) is 5.20. The van der Waals surface area contributed by atoms with Gasteiger partial charge in [-0.2, -0.15) is 8.78 Å². The Morgan fingerprint density at radius 1 is 1.41 bits per heavy atom. The molecule has 0 N–H and O–H groups in total. The Kier molecular flexibility index (Phi) is 3.08. The van der Waals surface area contributed by atoms with Crippen LogP contribution in [0.4, 0.5) is 8.78 Å². The molecule has 5 heteroatoms. The van der Waals surface area contributed by atoms with Crippen molar-refractivity contribution in [3.8, 4) is 0 Å². The molecule has 0 fully saturated rings. The van der Waals surface area contributed by atoms with Crippen LogP contribution in [-0.2, 0) is 4.74 Å². The summed E-state index contributed by atoms with van der Waals surface area (Å²) in [4.78, 5) is 11.6. The largest absolute Gasteiger partial charge is 0.461 e. The van der Waals surface area contributed by atoms with Gasteiger partial charge in [-0.05, 0) is 19.1 Å². The van der Waals surface area contributed by atoms with Gasteiger partial charge in [-0.3, -0.25) is 4.57 Å². The summed E-state index contributed by atoms with van der Waals surface area (Å²) in [6.45, 7) is -0.981. The molecule has 2 rings (SSSR count). The third kappa shape index (κ3) is 2.00. The lowest BCUT2D eigenvalue weighted by atomic mass is 10.2. The summed E-state index contributed by atoms with van der Waals surface area (Å²) in [6.07, 6.45) is 0. The lowest BCUT2D eigenvalue weighted by Crippen LogP contribution is -2.12.